The van der Waals surface area contributed by atoms with Crippen molar-refractivity contribution in [3.63, 3.8) is 0 Å². The van der Waals surface area contributed by atoms with Crippen LogP contribution in [0, 0.1) is 10.1 Å². The molecule has 27 heavy (non-hydrogen) atoms. The van der Waals surface area contributed by atoms with Gasteiger partial charge in [0.2, 0.25) is 0 Å². The molecule has 0 radical (unpaired) electrons. The molecule has 1 aliphatic rings. The van der Waals surface area contributed by atoms with Gasteiger partial charge in [0.1, 0.15) is 5.75 Å². The van der Waals surface area contributed by atoms with E-state index in [1.807, 2.05) is 18.2 Å². The zero-order valence-electron chi connectivity index (χ0n) is 14.5. The third-order valence-corrected chi connectivity index (χ3v) is 4.15. The number of benzene rings is 2. The molecule has 1 aliphatic carbocycles. The highest BCUT2D eigenvalue weighted by molar-refractivity contribution is 5.93. The van der Waals surface area contributed by atoms with Crippen LogP contribution < -0.4 is 10.1 Å². The molecule has 140 valence electrons. The Bertz CT molecular complexity index is 863. The third kappa shape index (κ3) is 5.04. The highest BCUT2D eigenvalue weighted by Crippen LogP contribution is 2.24. The zero-order valence-corrected chi connectivity index (χ0v) is 14.5. The van der Waals surface area contributed by atoms with Crippen molar-refractivity contribution in [2.75, 3.05) is 18.5 Å². The minimum atomic E-state index is -0.711. The highest BCUT2D eigenvalue weighted by atomic mass is 16.6. The number of amides is 1. The van der Waals surface area contributed by atoms with E-state index in [0.29, 0.717) is 11.4 Å². The summed E-state index contributed by atoms with van der Waals surface area (Å²) < 4.78 is 10.0. The fraction of sp³-hybridized carbons (Fsp3) is 0.263. The van der Waals surface area contributed by atoms with Crippen LogP contribution in [0.1, 0.15) is 17.5 Å². The molecule has 0 aliphatic heterocycles. The number of anilines is 1. The lowest BCUT2D eigenvalue weighted by molar-refractivity contribution is -0.384. The van der Waals surface area contributed by atoms with Crippen molar-refractivity contribution in [1.29, 1.82) is 0 Å². The van der Waals surface area contributed by atoms with Crippen molar-refractivity contribution < 1.29 is 24.0 Å². The van der Waals surface area contributed by atoms with Crippen LogP contribution in [0.25, 0.3) is 0 Å². The first kappa shape index (κ1) is 18.4. The summed E-state index contributed by atoms with van der Waals surface area (Å²) in [5.41, 5.74) is 3.15. The molecule has 0 atom stereocenters. The summed E-state index contributed by atoms with van der Waals surface area (Å²) in [6.45, 7) is -0.816. The second kappa shape index (κ2) is 8.31. The number of nitrogens with one attached hydrogen (secondary N) is 1. The van der Waals surface area contributed by atoms with E-state index in [1.165, 1.54) is 35.4 Å². The number of hydrogen-bond donors (Lipinski definition) is 1. The maximum absolute atomic E-state index is 11.9. The number of nitro groups is 1. The van der Waals surface area contributed by atoms with Crippen LogP contribution in [0.4, 0.5) is 11.4 Å². The third-order valence-electron chi connectivity index (χ3n) is 4.15. The first-order chi connectivity index (χ1) is 13.0. The monoisotopic (exact) mass is 370 g/mol. The van der Waals surface area contributed by atoms with E-state index >= 15 is 0 Å². The van der Waals surface area contributed by atoms with Crippen LogP contribution in [0.3, 0.4) is 0 Å². The van der Waals surface area contributed by atoms with Gasteiger partial charge in [-0.15, -0.1) is 0 Å². The van der Waals surface area contributed by atoms with Gasteiger partial charge in [-0.25, -0.2) is 4.79 Å². The van der Waals surface area contributed by atoms with Gasteiger partial charge in [-0.05, 0) is 54.7 Å². The summed E-state index contributed by atoms with van der Waals surface area (Å²) in [6.07, 6.45) is 3.20. The van der Waals surface area contributed by atoms with Crippen molar-refractivity contribution in [1.82, 2.24) is 0 Å². The van der Waals surface area contributed by atoms with Crippen molar-refractivity contribution >= 4 is 23.3 Å². The number of fused-ring (bicyclic) bond motifs is 1. The molecular weight excluding hydrogens is 352 g/mol. The average Bonchev–Trinajstić information content (AvgIpc) is 3.13. The van der Waals surface area contributed by atoms with E-state index in [0.717, 1.165) is 19.3 Å². The number of esters is 1. The molecule has 2 aromatic rings. The van der Waals surface area contributed by atoms with Gasteiger partial charge in [-0.3, -0.25) is 14.9 Å². The first-order valence-corrected chi connectivity index (χ1v) is 8.46. The van der Waals surface area contributed by atoms with Gasteiger partial charge in [0.15, 0.2) is 13.2 Å². The van der Waals surface area contributed by atoms with Crippen molar-refractivity contribution in [2.24, 2.45) is 0 Å². The number of nitro benzene ring substituents is 1. The van der Waals surface area contributed by atoms with Crippen molar-refractivity contribution in [2.45, 2.75) is 19.3 Å². The first-order valence-electron chi connectivity index (χ1n) is 8.46. The van der Waals surface area contributed by atoms with Gasteiger partial charge in [0.25, 0.3) is 11.6 Å². The van der Waals surface area contributed by atoms with E-state index in [-0.39, 0.29) is 5.69 Å². The normalized spacial score (nSPS) is 12.1. The van der Waals surface area contributed by atoms with E-state index in [2.05, 4.69) is 5.32 Å². The number of nitrogens with zero attached hydrogens (tertiary/aromatic N) is 1. The lowest BCUT2D eigenvalue weighted by Gasteiger charge is -2.09. The zero-order chi connectivity index (χ0) is 19.2. The van der Waals surface area contributed by atoms with Gasteiger partial charge < -0.3 is 14.8 Å². The lowest BCUT2D eigenvalue weighted by Crippen LogP contribution is -2.23. The second-order valence-corrected chi connectivity index (χ2v) is 6.09. The molecule has 8 heteroatoms. The van der Waals surface area contributed by atoms with Gasteiger partial charge in [-0.2, -0.15) is 0 Å². The number of ether oxygens (including phenoxy) is 2. The van der Waals surface area contributed by atoms with Gasteiger partial charge in [0.05, 0.1) is 4.92 Å². The number of rotatable bonds is 7. The molecule has 1 amide bonds. The van der Waals surface area contributed by atoms with E-state index < -0.39 is 30.0 Å². The predicted octanol–water partition coefficient (Wildman–Crippen LogP) is 2.64. The maximum atomic E-state index is 11.9. The Balaban J connectivity index is 1.40. The molecule has 0 saturated carbocycles. The fourth-order valence-electron chi connectivity index (χ4n) is 2.84. The number of carbonyl (C=O) groups is 2. The van der Waals surface area contributed by atoms with Crippen LogP contribution in [-0.4, -0.2) is 30.0 Å². The van der Waals surface area contributed by atoms with E-state index in [9.17, 15) is 19.7 Å². The smallest absolute Gasteiger partial charge is 0.344 e. The summed E-state index contributed by atoms with van der Waals surface area (Å²) in [4.78, 5) is 33.6. The fourth-order valence-corrected chi connectivity index (χ4v) is 2.84. The Morgan fingerprint density at radius 3 is 2.52 bits per heavy atom. The van der Waals surface area contributed by atoms with Gasteiger partial charge in [-0.1, -0.05) is 6.07 Å². The Labute approximate surface area is 155 Å². The SMILES string of the molecule is O=C(COC(=O)COc1ccc([N+](=O)[O-])cc1)Nc1ccc2c(c1)CCC2. The molecule has 0 saturated heterocycles. The maximum Gasteiger partial charge on any atom is 0.344 e. The summed E-state index contributed by atoms with van der Waals surface area (Å²) in [7, 11) is 0. The van der Waals surface area contributed by atoms with Crippen molar-refractivity contribution in [3.8, 4) is 5.75 Å². The van der Waals surface area contributed by atoms with E-state index in [4.69, 9.17) is 9.47 Å². The minimum absolute atomic E-state index is 0.0758. The second-order valence-electron chi connectivity index (χ2n) is 6.09. The standard InChI is InChI=1S/C19H18N2O6/c22-18(20-15-5-4-13-2-1-3-14(13)10-15)11-27-19(23)12-26-17-8-6-16(7-9-17)21(24)25/h4-10H,1-3,11-12H2,(H,20,22). The summed E-state index contributed by atoms with van der Waals surface area (Å²) in [5, 5.41) is 13.3. The Morgan fingerprint density at radius 2 is 1.78 bits per heavy atom. The topological polar surface area (TPSA) is 108 Å². The molecule has 0 aromatic heterocycles. The van der Waals surface area contributed by atoms with Gasteiger partial charge in [0, 0.05) is 17.8 Å². The number of non-ortho nitro benzene ring substituents is 1. The van der Waals surface area contributed by atoms with Crippen LogP contribution >= 0.6 is 0 Å². The molecule has 1 N–H and O–H groups in total. The van der Waals surface area contributed by atoms with Crippen LogP contribution in [0.2, 0.25) is 0 Å². The molecule has 0 spiro atoms. The van der Waals surface area contributed by atoms with Crippen LogP contribution in [-0.2, 0) is 27.2 Å². The Morgan fingerprint density at radius 1 is 1.04 bits per heavy atom. The summed E-state index contributed by atoms with van der Waals surface area (Å²) in [5.74, 6) is -0.853. The molecule has 0 unspecified atom stereocenters. The minimum Gasteiger partial charge on any atom is -0.482 e. The number of carbonyl (C=O) groups excluding carboxylic acids is 2. The van der Waals surface area contributed by atoms with E-state index in [1.54, 1.807) is 0 Å². The molecule has 0 bridgehead atoms. The molecule has 0 fully saturated rings. The number of aryl methyl sites for hydroxylation is 2. The lowest BCUT2D eigenvalue weighted by atomic mass is 10.1. The average molecular weight is 370 g/mol. The quantitative estimate of drug-likeness (QED) is 0.456. The summed E-state index contributed by atoms with van der Waals surface area (Å²) >= 11 is 0. The molecular formula is C19H18N2O6. The molecule has 0 heterocycles. The highest BCUT2D eigenvalue weighted by Gasteiger charge is 2.13. The number of hydrogen-bond acceptors (Lipinski definition) is 6. The Kier molecular flexibility index (Phi) is 5.65. The molecule has 3 rings (SSSR count). The largest absolute Gasteiger partial charge is 0.482 e. The van der Waals surface area contributed by atoms with Crippen LogP contribution in [0.15, 0.2) is 42.5 Å². The van der Waals surface area contributed by atoms with Gasteiger partial charge >= 0.3 is 5.97 Å². The molecule has 2 aromatic carbocycles. The summed E-state index contributed by atoms with van der Waals surface area (Å²) in [6, 6.07) is 11.1. The van der Waals surface area contributed by atoms with Crippen molar-refractivity contribution in [3.05, 3.63) is 63.7 Å². The van der Waals surface area contributed by atoms with Crippen LogP contribution in [0.5, 0.6) is 5.75 Å². The molecule has 8 nitrogen and oxygen atoms in total. The Hall–Kier alpha value is -3.42. The predicted molar refractivity (Wildman–Crippen MR) is 96.6 cm³/mol.